The van der Waals surface area contributed by atoms with Gasteiger partial charge < -0.3 is 14.9 Å². The Morgan fingerprint density at radius 1 is 1.21 bits per heavy atom. The average molecular weight is 389 g/mol. The maximum atomic E-state index is 12.5. The number of hydrogen-bond donors (Lipinski definition) is 1. The molecule has 2 saturated heterocycles. The van der Waals surface area contributed by atoms with Crippen LogP contribution in [-0.4, -0.2) is 63.5 Å². The summed E-state index contributed by atoms with van der Waals surface area (Å²) in [4.78, 5) is 32.0. The van der Waals surface area contributed by atoms with Gasteiger partial charge >= 0.3 is 0 Å². The van der Waals surface area contributed by atoms with Crippen molar-refractivity contribution in [2.24, 2.45) is 0 Å². The van der Waals surface area contributed by atoms with Crippen molar-refractivity contribution in [1.29, 1.82) is 0 Å². The molecule has 3 atom stereocenters. The molecule has 1 aromatic carbocycles. The molecule has 3 heterocycles. The summed E-state index contributed by atoms with van der Waals surface area (Å²) < 4.78 is 0. The molecule has 0 unspecified atom stereocenters. The highest BCUT2D eigenvalue weighted by atomic mass is 16.3. The minimum atomic E-state index is -0.237. The van der Waals surface area contributed by atoms with Crippen LogP contribution < -0.4 is 0 Å². The average Bonchev–Trinajstić information content (AvgIpc) is 2.74. The monoisotopic (exact) mass is 389 g/mol. The predicted molar refractivity (Wildman–Crippen MR) is 108 cm³/mol. The Balaban J connectivity index is 1.53. The standard InChI is InChI=1S/C23H23N3O3/c1-2-21(28)25-13-19-23(20(15-27)26(19)22(29)14-25)18-9-7-16(8-10-18)5-6-17-4-3-11-24-12-17/h3-4,7-12,19-20,23,27H,2,13-15H2,1H3/t19-,20+,23+/m1/s1. The molecule has 0 bridgehead atoms. The zero-order valence-corrected chi connectivity index (χ0v) is 16.3. The molecule has 1 N–H and O–H groups in total. The van der Waals surface area contributed by atoms with Gasteiger partial charge in [-0.2, -0.15) is 0 Å². The number of rotatable bonds is 3. The molecule has 4 rings (SSSR count). The number of aromatic nitrogens is 1. The van der Waals surface area contributed by atoms with Crippen LogP contribution in [0.25, 0.3) is 0 Å². The minimum absolute atomic E-state index is 0.00905. The first-order valence-corrected chi connectivity index (χ1v) is 9.84. The van der Waals surface area contributed by atoms with Crippen LogP contribution >= 0.6 is 0 Å². The highest BCUT2D eigenvalue weighted by molar-refractivity contribution is 5.87. The van der Waals surface area contributed by atoms with Gasteiger partial charge in [-0.15, -0.1) is 0 Å². The Labute approximate surface area is 170 Å². The fourth-order valence-electron chi connectivity index (χ4n) is 4.28. The molecule has 2 aliphatic rings. The van der Waals surface area contributed by atoms with Gasteiger partial charge in [-0.3, -0.25) is 14.6 Å². The number of piperazine rings is 1. The van der Waals surface area contributed by atoms with Crippen molar-refractivity contribution in [3.05, 3.63) is 65.5 Å². The summed E-state index contributed by atoms with van der Waals surface area (Å²) >= 11 is 0. The van der Waals surface area contributed by atoms with Crippen molar-refractivity contribution in [2.45, 2.75) is 31.3 Å². The van der Waals surface area contributed by atoms with Crippen molar-refractivity contribution >= 4 is 11.8 Å². The van der Waals surface area contributed by atoms with E-state index in [4.69, 9.17) is 0 Å². The summed E-state index contributed by atoms with van der Waals surface area (Å²) in [5.74, 6) is 6.12. The second kappa shape index (κ2) is 8.06. The fourth-order valence-corrected chi connectivity index (χ4v) is 4.28. The van der Waals surface area contributed by atoms with E-state index in [0.29, 0.717) is 13.0 Å². The van der Waals surface area contributed by atoms with E-state index in [2.05, 4.69) is 16.8 Å². The third-order valence-electron chi connectivity index (χ3n) is 5.72. The van der Waals surface area contributed by atoms with Gasteiger partial charge in [0.2, 0.25) is 11.8 Å². The maximum absolute atomic E-state index is 12.5. The summed E-state index contributed by atoms with van der Waals surface area (Å²) in [7, 11) is 0. The van der Waals surface area contributed by atoms with Gasteiger partial charge in [0.25, 0.3) is 0 Å². The third-order valence-corrected chi connectivity index (χ3v) is 5.72. The molecule has 2 fully saturated rings. The summed E-state index contributed by atoms with van der Waals surface area (Å²) in [5, 5.41) is 9.86. The number of benzene rings is 1. The molecule has 0 spiro atoms. The van der Waals surface area contributed by atoms with Crippen molar-refractivity contribution < 1.29 is 14.7 Å². The number of carbonyl (C=O) groups excluding carboxylic acids is 2. The van der Waals surface area contributed by atoms with Crippen LogP contribution in [0.5, 0.6) is 0 Å². The van der Waals surface area contributed by atoms with Crippen LogP contribution in [0.3, 0.4) is 0 Å². The van der Waals surface area contributed by atoms with Gasteiger partial charge in [0.15, 0.2) is 0 Å². The van der Waals surface area contributed by atoms with E-state index in [1.54, 1.807) is 29.1 Å². The maximum Gasteiger partial charge on any atom is 0.242 e. The number of hydrogen-bond acceptors (Lipinski definition) is 4. The summed E-state index contributed by atoms with van der Waals surface area (Å²) in [5.41, 5.74) is 2.79. The van der Waals surface area contributed by atoms with E-state index in [9.17, 15) is 14.7 Å². The topological polar surface area (TPSA) is 73.7 Å². The smallest absolute Gasteiger partial charge is 0.242 e. The molecule has 6 nitrogen and oxygen atoms in total. The van der Waals surface area contributed by atoms with Crippen LogP contribution in [0.1, 0.15) is 36.0 Å². The van der Waals surface area contributed by atoms with E-state index in [1.807, 2.05) is 36.4 Å². The molecule has 2 aliphatic heterocycles. The Bertz CT molecular complexity index is 962. The number of aliphatic hydroxyl groups is 1. The van der Waals surface area contributed by atoms with E-state index in [-0.39, 0.29) is 43.0 Å². The normalized spacial score (nSPS) is 23.0. The summed E-state index contributed by atoms with van der Waals surface area (Å²) in [6, 6.07) is 11.3. The predicted octanol–water partition coefficient (Wildman–Crippen LogP) is 1.39. The lowest BCUT2D eigenvalue weighted by molar-refractivity contribution is -0.166. The lowest BCUT2D eigenvalue weighted by Crippen LogP contribution is -2.73. The van der Waals surface area contributed by atoms with Crippen molar-refractivity contribution in [1.82, 2.24) is 14.8 Å². The number of pyridine rings is 1. The van der Waals surface area contributed by atoms with Crippen molar-refractivity contribution in [3.8, 4) is 11.8 Å². The number of aliphatic hydroxyl groups excluding tert-OH is 1. The highest BCUT2D eigenvalue weighted by Crippen LogP contribution is 2.42. The first kappa shape index (κ1) is 19.2. The van der Waals surface area contributed by atoms with Crippen LogP contribution in [0, 0.1) is 11.8 Å². The molecule has 2 aromatic rings. The highest BCUT2D eigenvalue weighted by Gasteiger charge is 2.54. The van der Waals surface area contributed by atoms with Gasteiger partial charge in [-0.05, 0) is 29.8 Å². The first-order chi connectivity index (χ1) is 14.1. The Morgan fingerprint density at radius 3 is 2.62 bits per heavy atom. The van der Waals surface area contributed by atoms with Gasteiger partial charge in [0.05, 0.1) is 25.2 Å². The Morgan fingerprint density at radius 2 is 1.97 bits per heavy atom. The molecule has 0 aliphatic carbocycles. The fraction of sp³-hybridized carbons (Fsp3) is 0.348. The van der Waals surface area contributed by atoms with Crippen molar-refractivity contribution in [2.75, 3.05) is 19.7 Å². The van der Waals surface area contributed by atoms with E-state index < -0.39 is 0 Å². The minimum Gasteiger partial charge on any atom is -0.394 e. The number of carbonyl (C=O) groups is 2. The largest absolute Gasteiger partial charge is 0.394 e. The first-order valence-electron chi connectivity index (χ1n) is 9.84. The van der Waals surface area contributed by atoms with Crippen LogP contribution in [0.2, 0.25) is 0 Å². The molecular weight excluding hydrogens is 366 g/mol. The molecule has 2 amide bonds. The molecule has 148 valence electrons. The summed E-state index contributed by atoms with van der Waals surface area (Å²) in [6.45, 7) is 2.34. The van der Waals surface area contributed by atoms with Gasteiger partial charge in [-0.1, -0.05) is 30.9 Å². The van der Waals surface area contributed by atoms with Gasteiger partial charge in [0, 0.05) is 42.4 Å². The lowest BCUT2D eigenvalue weighted by atomic mass is 9.73. The van der Waals surface area contributed by atoms with Gasteiger partial charge in [0.1, 0.15) is 0 Å². The quantitative estimate of drug-likeness (QED) is 0.805. The number of fused-ring (bicyclic) bond motifs is 1. The second-order valence-electron chi connectivity index (χ2n) is 7.39. The zero-order valence-electron chi connectivity index (χ0n) is 16.3. The number of amides is 2. The van der Waals surface area contributed by atoms with Crippen LogP contribution in [-0.2, 0) is 9.59 Å². The third kappa shape index (κ3) is 3.62. The van der Waals surface area contributed by atoms with Crippen molar-refractivity contribution in [3.63, 3.8) is 0 Å². The molecule has 0 radical (unpaired) electrons. The molecular formula is C23H23N3O3. The molecule has 0 saturated carbocycles. The molecule has 29 heavy (non-hydrogen) atoms. The SMILES string of the molecule is CCC(=O)N1CC(=O)N2[C@H](C1)[C@H](c1ccc(C#Cc3cccnc3)cc1)[C@@H]2CO. The van der Waals surface area contributed by atoms with E-state index in [0.717, 1.165) is 16.7 Å². The van der Waals surface area contributed by atoms with E-state index in [1.165, 1.54) is 0 Å². The molecule has 6 heteroatoms. The lowest BCUT2D eigenvalue weighted by Gasteiger charge is -2.58. The van der Waals surface area contributed by atoms with E-state index >= 15 is 0 Å². The molecule has 1 aromatic heterocycles. The zero-order chi connectivity index (χ0) is 20.4. The van der Waals surface area contributed by atoms with Crippen LogP contribution in [0.15, 0.2) is 48.8 Å². The Kier molecular flexibility index (Phi) is 5.32. The van der Waals surface area contributed by atoms with Gasteiger partial charge in [-0.25, -0.2) is 0 Å². The summed E-state index contributed by atoms with van der Waals surface area (Å²) in [6.07, 6.45) is 3.82. The Hall–Kier alpha value is -3.17. The number of nitrogens with zero attached hydrogens (tertiary/aromatic N) is 3. The van der Waals surface area contributed by atoms with Crippen LogP contribution in [0.4, 0.5) is 0 Å². The second-order valence-corrected chi connectivity index (χ2v) is 7.39.